The third-order valence-electron chi connectivity index (χ3n) is 12.9. The lowest BCUT2D eigenvalue weighted by molar-refractivity contribution is -0.136. The highest BCUT2D eigenvalue weighted by Crippen LogP contribution is 2.40. The van der Waals surface area contributed by atoms with E-state index in [0.29, 0.717) is 34.6 Å². The second-order valence-corrected chi connectivity index (χ2v) is 16.2. The zero-order chi connectivity index (χ0) is 41.1. The summed E-state index contributed by atoms with van der Waals surface area (Å²) in [5.41, 5.74) is 4.64. The lowest BCUT2D eigenvalue weighted by Gasteiger charge is -2.49. The number of carbonyl (C=O) groups is 5. The van der Waals surface area contributed by atoms with Gasteiger partial charge in [-0.2, -0.15) is 0 Å². The Bertz CT molecular complexity index is 2530. The van der Waals surface area contributed by atoms with Crippen molar-refractivity contribution in [3.05, 3.63) is 102 Å². The Morgan fingerprint density at radius 1 is 0.817 bits per heavy atom. The summed E-state index contributed by atoms with van der Waals surface area (Å²) in [4.78, 5) is 86.4. The highest BCUT2D eigenvalue weighted by Gasteiger charge is 2.45. The molecule has 4 fully saturated rings. The number of carbonyl (C=O) groups excluding carboxylic acids is 5. The molecule has 5 amide bonds. The topological polar surface area (TPSA) is 177 Å². The predicted molar refractivity (Wildman–Crippen MR) is 223 cm³/mol. The van der Waals surface area contributed by atoms with Crippen LogP contribution in [0.25, 0.3) is 16.8 Å². The van der Waals surface area contributed by atoms with Gasteiger partial charge in [0.25, 0.3) is 17.7 Å². The molecule has 0 bridgehead atoms. The van der Waals surface area contributed by atoms with E-state index in [0.717, 1.165) is 97.4 Å². The third-order valence-corrected chi connectivity index (χ3v) is 12.9. The molecule has 3 aromatic heterocycles. The zero-order valence-electron chi connectivity index (χ0n) is 33.2. The summed E-state index contributed by atoms with van der Waals surface area (Å²) in [6, 6.07) is 18.2. The van der Waals surface area contributed by atoms with Gasteiger partial charge in [0.1, 0.15) is 28.9 Å². The van der Waals surface area contributed by atoms with Crippen molar-refractivity contribution in [1.29, 1.82) is 0 Å². The smallest absolute Gasteiger partial charge is 0.262 e. The van der Waals surface area contributed by atoms with Crippen molar-refractivity contribution in [3.63, 3.8) is 0 Å². The molecule has 16 heteroatoms. The molecule has 2 aromatic carbocycles. The van der Waals surface area contributed by atoms with Gasteiger partial charge in [-0.3, -0.25) is 48.4 Å². The van der Waals surface area contributed by atoms with Gasteiger partial charge in [-0.05, 0) is 81.1 Å². The standard InChI is InChI=1S/C44H45N11O5/c1-45-39-38-37(26-7-9-27(10-8-26)41(57)48-35-6-2-3-17-46-35)50-40(54(38)22-18-47-39)33-5-4-19-53(33)28-15-20-51(21-16-28)30-24-52(25-30)29-11-12-31-32(23-29)44(60)55(43(31)59)34-13-14-36(56)49-42(34)58/h2-3,6-12,17-18,22-23,28,30,33-34H,4-5,13-16,19-21,24-25H2,1H3,(H,45,47)(H,46,48,57)(H,49,56,58). The van der Waals surface area contributed by atoms with Crippen LogP contribution in [0, 0.1) is 0 Å². The van der Waals surface area contributed by atoms with E-state index in [9.17, 15) is 24.0 Å². The van der Waals surface area contributed by atoms with E-state index in [1.165, 1.54) is 0 Å². The largest absolute Gasteiger partial charge is 0.371 e. The molecule has 0 spiro atoms. The lowest BCUT2D eigenvalue weighted by Crippen LogP contribution is -2.62. The molecule has 5 aromatic rings. The highest BCUT2D eigenvalue weighted by atomic mass is 16.2. The molecule has 0 saturated carbocycles. The number of benzene rings is 2. The highest BCUT2D eigenvalue weighted by molar-refractivity contribution is 6.23. The molecule has 8 heterocycles. The van der Waals surface area contributed by atoms with Crippen LogP contribution in [-0.4, -0.2) is 121 Å². The average Bonchev–Trinajstić information content (AvgIpc) is 3.96. The Balaban J connectivity index is 0.795. The number of pyridine rings is 1. The maximum Gasteiger partial charge on any atom is 0.262 e. The van der Waals surface area contributed by atoms with E-state index < -0.39 is 29.7 Å². The fourth-order valence-corrected chi connectivity index (χ4v) is 9.73. The quantitative estimate of drug-likeness (QED) is 0.183. The molecular weight excluding hydrogens is 763 g/mol. The van der Waals surface area contributed by atoms with Crippen LogP contribution in [0.3, 0.4) is 0 Å². The minimum Gasteiger partial charge on any atom is -0.371 e. The molecule has 306 valence electrons. The Hall–Kier alpha value is -6.52. The summed E-state index contributed by atoms with van der Waals surface area (Å²) in [7, 11) is 1.87. The average molecular weight is 808 g/mol. The Morgan fingerprint density at radius 2 is 1.62 bits per heavy atom. The number of nitrogens with one attached hydrogen (secondary N) is 3. The lowest BCUT2D eigenvalue weighted by atomic mass is 9.97. The second-order valence-electron chi connectivity index (χ2n) is 16.2. The molecule has 2 unspecified atom stereocenters. The number of imidazole rings is 1. The predicted octanol–water partition coefficient (Wildman–Crippen LogP) is 3.98. The monoisotopic (exact) mass is 807 g/mol. The molecule has 2 atom stereocenters. The van der Waals surface area contributed by atoms with E-state index in [-0.39, 0.29) is 24.8 Å². The molecular formula is C44H45N11O5. The Labute approximate surface area is 346 Å². The number of hydrogen-bond acceptors (Lipinski definition) is 12. The molecule has 3 N–H and O–H groups in total. The van der Waals surface area contributed by atoms with E-state index in [1.54, 1.807) is 30.5 Å². The summed E-state index contributed by atoms with van der Waals surface area (Å²) in [5, 5.41) is 8.37. The van der Waals surface area contributed by atoms with Gasteiger partial charge in [-0.1, -0.05) is 18.2 Å². The number of anilines is 3. The van der Waals surface area contributed by atoms with Gasteiger partial charge in [0, 0.05) is 87.1 Å². The second kappa shape index (κ2) is 15.3. The zero-order valence-corrected chi connectivity index (χ0v) is 33.2. The van der Waals surface area contributed by atoms with Crippen molar-refractivity contribution < 1.29 is 24.0 Å². The number of imide groups is 2. The first-order chi connectivity index (χ1) is 29.2. The van der Waals surface area contributed by atoms with Crippen LogP contribution in [0.15, 0.2) is 79.3 Å². The number of amides is 5. The molecule has 0 radical (unpaired) electrons. The molecule has 5 aliphatic heterocycles. The van der Waals surface area contributed by atoms with Crippen molar-refractivity contribution >= 4 is 52.4 Å². The number of aromatic nitrogens is 4. The van der Waals surface area contributed by atoms with E-state index in [4.69, 9.17) is 4.98 Å². The minimum absolute atomic E-state index is 0.0903. The van der Waals surface area contributed by atoms with Gasteiger partial charge < -0.3 is 15.5 Å². The minimum atomic E-state index is -0.977. The number of nitrogens with zero attached hydrogens (tertiary/aromatic N) is 8. The number of likely N-dealkylation sites (tertiary alicyclic amines) is 2. The number of piperidine rings is 2. The van der Waals surface area contributed by atoms with Crippen molar-refractivity contribution in [2.24, 2.45) is 0 Å². The van der Waals surface area contributed by atoms with Gasteiger partial charge in [-0.15, -0.1) is 0 Å². The van der Waals surface area contributed by atoms with Gasteiger partial charge in [0.2, 0.25) is 11.8 Å². The Morgan fingerprint density at radius 3 is 2.37 bits per heavy atom. The van der Waals surface area contributed by atoms with Gasteiger partial charge in [0.15, 0.2) is 5.82 Å². The first kappa shape index (κ1) is 37.7. The van der Waals surface area contributed by atoms with Gasteiger partial charge in [0.05, 0.1) is 17.2 Å². The molecule has 60 heavy (non-hydrogen) atoms. The van der Waals surface area contributed by atoms with E-state index in [1.807, 2.05) is 55.8 Å². The van der Waals surface area contributed by atoms with Crippen LogP contribution in [0.1, 0.15) is 81.5 Å². The van der Waals surface area contributed by atoms with Crippen LogP contribution >= 0.6 is 0 Å². The number of fused-ring (bicyclic) bond motifs is 2. The normalized spacial score (nSPS) is 21.7. The van der Waals surface area contributed by atoms with E-state index in [2.05, 4.69) is 45.0 Å². The summed E-state index contributed by atoms with van der Waals surface area (Å²) >= 11 is 0. The van der Waals surface area contributed by atoms with Crippen molar-refractivity contribution in [3.8, 4) is 11.3 Å². The fraction of sp³-hybridized carbons (Fsp3) is 0.364. The van der Waals surface area contributed by atoms with E-state index >= 15 is 0 Å². The van der Waals surface area contributed by atoms with Crippen LogP contribution < -0.4 is 20.9 Å². The first-order valence-corrected chi connectivity index (χ1v) is 20.7. The van der Waals surface area contributed by atoms with Crippen LogP contribution in [0.2, 0.25) is 0 Å². The SMILES string of the molecule is CNc1nccn2c(C3CCCN3C3CCN(C4CN(c5ccc6c(c5)C(=O)N(C5CCC(=O)NC5=O)C6=O)C4)CC3)nc(-c3ccc(C(=O)Nc4ccccn4)cc3)c12. The molecule has 5 aliphatic rings. The molecule has 0 aliphatic carbocycles. The molecule has 4 saturated heterocycles. The van der Waals surface area contributed by atoms with Gasteiger partial charge in [-0.25, -0.2) is 15.0 Å². The molecule has 10 rings (SSSR count). The fourth-order valence-electron chi connectivity index (χ4n) is 9.73. The van der Waals surface area contributed by atoms with Crippen LogP contribution in [0.4, 0.5) is 17.3 Å². The van der Waals surface area contributed by atoms with Crippen molar-refractivity contribution in [1.82, 2.24) is 39.4 Å². The van der Waals surface area contributed by atoms with Crippen molar-refractivity contribution in [2.75, 3.05) is 55.3 Å². The van der Waals surface area contributed by atoms with Crippen LogP contribution in [-0.2, 0) is 9.59 Å². The summed E-state index contributed by atoms with van der Waals surface area (Å²) in [5.74, 6) is 0.0372. The summed E-state index contributed by atoms with van der Waals surface area (Å²) < 4.78 is 2.19. The third kappa shape index (κ3) is 6.55. The maximum atomic E-state index is 13.4. The first-order valence-electron chi connectivity index (χ1n) is 20.7. The van der Waals surface area contributed by atoms with Gasteiger partial charge >= 0.3 is 0 Å². The Kier molecular flexibility index (Phi) is 9.59. The number of rotatable bonds is 9. The molecule has 16 nitrogen and oxygen atoms in total. The maximum absolute atomic E-state index is 13.4. The van der Waals surface area contributed by atoms with Crippen molar-refractivity contribution in [2.45, 2.75) is 62.7 Å². The summed E-state index contributed by atoms with van der Waals surface area (Å²) in [6.07, 6.45) is 9.90. The summed E-state index contributed by atoms with van der Waals surface area (Å²) in [6.45, 7) is 4.66. The van der Waals surface area contributed by atoms with Crippen LogP contribution in [0.5, 0.6) is 0 Å². The number of hydrogen-bond donors (Lipinski definition) is 3.